The smallest absolute Gasteiger partial charge is 0.379 e. The highest BCUT2D eigenvalue weighted by Gasteiger charge is 2.26. The highest BCUT2D eigenvalue weighted by molar-refractivity contribution is 6.41. The second-order valence-corrected chi connectivity index (χ2v) is 3.57. The van der Waals surface area contributed by atoms with Gasteiger partial charge in [-0.1, -0.05) is 6.07 Å². The third-order valence-electron chi connectivity index (χ3n) is 2.34. The molecule has 0 bridgehead atoms. The number of carbonyl (C=O) groups excluding carboxylic acids is 3. The van der Waals surface area contributed by atoms with E-state index in [1.165, 1.54) is 6.07 Å². The second kappa shape index (κ2) is 4.87. The van der Waals surface area contributed by atoms with Crippen LogP contribution in [-0.2, 0) is 14.3 Å². The number of fused-ring (bicyclic) bond motifs is 1. The number of esters is 1. The van der Waals surface area contributed by atoms with E-state index < -0.39 is 11.8 Å². The minimum Gasteiger partial charge on any atom is -0.481 e. The second-order valence-electron chi connectivity index (χ2n) is 3.57. The van der Waals surface area contributed by atoms with Crippen molar-refractivity contribution in [3.63, 3.8) is 0 Å². The van der Waals surface area contributed by atoms with Crippen molar-refractivity contribution in [2.24, 2.45) is 0 Å². The van der Waals surface area contributed by atoms with E-state index in [4.69, 9.17) is 4.74 Å². The molecular weight excluding hydrogens is 238 g/mol. The summed E-state index contributed by atoms with van der Waals surface area (Å²) in [5.74, 6) is -1.82. The maximum atomic E-state index is 11.8. The van der Waals surface area contributed by atoms with Crippen molar-refractivity contribution < 1.29 is 23.9 Å². The molecule has 1 aromatic carbocycles. The van der Waals surface area contributed by atoms with Crippen LogP contribution in [0.4, 0.5) is 5.69 Å². The molecule has 2 rings (SSSR count). The molecule has 0 saturated carbocycles. The van der Waals surface area contributed by atoms with Gasteiger partial charge in [0.15, 0.2) is 12.4 Å². The molecule has 0 aromatic heterocycles. The number of ether oxygens (including phenoxy) is 2. The first-order valence-electron chi connectivity index (χ1n) is 5.40. The largest absolute Gasteiger partial charge is 0.481 e. The lowest BCUT2D eigenvalue weighted by molar-refractivity contribution is -0.137. The number of carbonyl (C=O) groups is 3. The number of benzene rings is 1. The number of rotatable bonds is 3. The maximum absolute atomic E-state index is 11.8. The van der Waals surface area contributed by atoms with Crippen LogP contribution in [0.25, 0.3) is 0 Å². The average molecular weight is 249 g/mol. The van der Waals surface area contributed by atoms with Crippen molar-refractivity contribution in [3.05, 3.63) is 23.8 Å². The van der Waals surface area contributed by atoms with E-state index in [1.54, 1.807) is 19.1 Å². The molecule has 1 aliphatic heterocycles. The number of nitrogens with one attached hydrogen (secondary N) is 1. The molecule has 0 aliphatic carbocycles. The molecule has 6 nitrogen and oxygen atoms in total. The highest BCUT2D eigenvalue weighted by Crippen LogP contribution is 2.31. The summed E-state index contributed by atoms with van der Waals surface area (Å²) in [6, 6.07) is 4.60. The molecule has 0 atom stereocenters. The van der Waals surface area contributed by atoms with Gasteiger partial charge >= 0.3 is 5.97 Å². The van der Waals surface area contributed by atoms with Crippen molar-refractivity contribution in [3.8, 4) is 5.75 Å². The van der Waals surface area contributed by atoms with E-state index in [-0.39, 0.29) is 30.4 Å². The Bertz CT molecular complexity index is 523. The van der Waals surface area contributed by atoms with Crippen LogP contribution in [0.3, 0.4) is 0 Å². The Morgan fingerprint density at radius 3 is 2.94 bits per heavy atom. The van der Waals surface area contributed by atoms with Crippen LogP contribution in [0, 0.1) is 0 Å². The summed E-state index contributed by atoms with van der Waals surface area (Å²) in [5, 5.41) is 2.56. The van der Waals surface area contributed by atoms with Crippen LogP contribution >= 0.6 is 0 Å². The fourth-order valence-corrected chi connectivity index (χ4v) is 1.60. The zero-order chi connectivity index (χ0) is 13.1. The molecule has 6 heteroatoms. The van der Waals surface area contributed by atoms with E-state index in [1.807, 2.05) is 0 Å². The van der Waals surface area contributed by atoms with E-state index >= 15 is 0 Å². The molecule has 1 N–H and O–H groups in total. The van der Waals surface area contributed by atoms with Crippen LogP contribution in [0.5, 0.6) is 5.75 Å². The molecule has 0 radical (unpaired) electrons. The summed E-state index contributed by atoms with van der Waals surface area (Å²) in [6.07, 6.45) is 0. The van der Waals surface area contributed by atoms with Crippen molar-refractivity contribution in [2.75, 3.05) is 18.5 Å². The Morgan fingerprint density at radius 1 is 1.44 bits per heavy atom. The third-order valence-corrected chi connectivity index (χ3v) is 2.34. The zero-order valence-corrected chi connectivity index (χ0v) is 9.69. The summed E-state index contributed by atoms with van der Waals surface area (Å²) < 4.78 is 9.81. The first kappa shape index (κ1) is 12.1. The Hall–Kier alpha value is -2.37. The minimum absolute atomic E-state index is 0.0888. The number of hydrogen-bond acceptors (Lipinski definition) is 5. The third kappa shape index (κ3) is 2.17. The summed E-state index contributed by atoms with van der Waals surface area (Å²) in [7, 11) is 0. The van der Waals surface area contributed by atoms with Crippen molar-refractivity contribution in [1.29, 1.82) is 0 Å². The molecule has 1 amide bonds. The summed E-state index contributed by atoms with van der Waals surface area (Å²) in [6.45, 7) is 1.56. The first-order valence-corrected chi connectivity index (χ1v) is 5.40. The van der Waals surface area contributed by atoms with Gasteiger partial charge in [-0.25, -0.2) is 4.79 Å². The van der Waals surface area contributed by atoms with E-state index in [0.717, 1.165) is 0 Å². The maximum Gasteiger partial charge on any atom is 0.379 e. The average Bonchev–Trinajstić information content (AvgIpc) is 2.37. The quantitative estimate of drug-likeness (QED) is 0.486. The summed E-state index contributed by atoms with van der Waals surface area (Å²) in [5.41, 5.74) is 0.465. The van der Waals surface area contributed by atoms with Crippen LogP contribution in [0.1, 0.15) is 17.3 Å². The number of Topliss-reactive ketones (excluding diaryl/α,β-unsaturated/α-hetero) is 1. The number of anilines is 1. The SMILES string of the molecule is CCOC(=O)C(=O)c1cccc2c1OCC(=O)N2. The lowest BCUT2D eigenvalue weighted by Gasteiger charge is -2.19. The van der Waals surface area contributed by atoms with Crippen LogP contribution in [0.15, 0.2) is 18.2 Å². The molecule has 1 aromatic rings. The lowest BCUT2D eigenvalue weighted by Crippen LogP contribution is -2.27. The number of hydrogen-bond donors (Lipinski definition) is 1. The van der Waals surface area contributed by atoms with Gasteiger partial charge in [-0.3, -0.25) is 9.59 Å². The van der Waals surface area contributed by atoms with Gasteiger partial charge in [0.1, 0.15) is 0 Å². The van der Waals surface area contributed by atoms with Crippen LogP contribution in [0.2, 0.25) is 0 Å². The standard InChI is InChI=1S/C12H11NO5/c1-2-17-12(16)10(15)7-4-3-5-8-11(7)18-6-9(14)13-8/h3-5H,2,6H2,1H3,(H,13,14). The summed E-state index contributed by atoms with van der Waals surface area (Å²) in [4.78, 5) is 34.3. The predicted molar refractivity (Wildman–Crippen MR) is 61.5 cm³/mol. The fraction of sp³-hybridized carbons (Fsp3) is 0.250. The topological polar surface area (TPSA) is 81.7 Å². The molecule has 0 spiro atoms. The van der Waals surface area contributed by atoms with Gasteiger partial charge in [-0.15, -0.1) is 0 Å². The predicted octanol–water partition coefficient (Wildman–Crippen LogP) is 0.763. The summed E-state index contributed by atoms with van der Waals surface area (Å²) >= 11 is 0. The molecule has 0 fully saturated rings. The monoisotopic (exact) mass is 249 g/mol. The Labute approximate surface area is 103 Å². The Kier molecular flexibility index (Phi) is 3.27. The van der Waals surface area contributed by atoms with Crippen molar-refractivity contribution in [1.82, 2.24) is 0 Å². The van der Waals surface area contributed by atoms with Gasteiger partial charge in [0.25, 0.3) is 11.7 Å². The molecule has 1 heterocycles. The number of para-hydroxylation sites is 1. The van der Waals surface area contributed by atoms with Gasteiger partial charge < -0.3 is 14.8 Å². The molecule has 94 valence electrons. The van der Waals surface area contributed by atoms with Gasteiger partial charge in [-0.2, -0.15) is 0 Å². The van der Waals surface area contributed by atoms with Gasteiger partial charge in [-0.05, 0) is 19.1 Å². The van der Waals surface area contributed by atoms with Gasteiger partial charge in [0.05, 0.1) is 17.9 Å². The normalized spacial score (nSPS) is 13.1. The van der Waals surface area contributed by atoms with Crippen molar-refractivity contribution >= 4 is 23.3 Å². The zero-order valence-electron chi connectivity index (χ0n) is 9.69. The molecule has 18 heavy (non-hydrogen) atoms. The molecule has 0 unspecified atom stereocenters. The molecular formula is C12H11NO5. The Morgan fingerprint density at radius 2 is 2.22 bits per heavy atom. The van der Waals surface area contributed by atoms with E-state index in [9.17, 15) is 14.4 Å². The van der Waals surface area contributed by atoms with E-state index in [2.05, 4.69) is 10.1 Å². The highest BCUT2D eigenvalue weighted by atomic mass is 16.5. The first-order chi connectivity index (χ1) is 8.63. The van der Waals surface area contributed by atoms with Crippen molar-refractivity contribution in [2.45, 2.75) is 6.92 Å². The number of ketones is 1. The minimum atomic E-state index is -0.939. The lowest BCUT2D eigenvalue weighted by atomic mass is 10.1. The fourth-order valence-electron chi connectivity index (χ4n) is 1.60. The Balaban J connectivity index is 2.35. The van der Waals surface area contributed by atoms with E-state index in [0.29, 0.717) is 5.69 Å². The van der Waals surface area contributed by atoms with Gasteiger partial charge in [0, 0.05) is 0 Å². The van der Waals surface area contributed by atoms with Gasteiger partial charge in [0.2, 0.25) is 0 Å². The molecule has 1 aliphatic rings. The van der Waals surface area contributed by atoms with Crippen LogP contribution in [-0.4, -0.2) is 30.9 Å². The molecule has 0 saturated heterocycles. The number of amides is 1. The van der Waals surface area contributed by atoms with Crippen LogP contribution < -0.4 is 10.1 Å².